The number of rotatable bonds is 16. The Kier molecular flexibility index (Phi) is 13.9. The Morgan fingerprint density at radius 3 is 1.95 bits per heavy atom. The highest BCUT2D eigenvalue weighted by atomic mass is 31.2. The molecular weight excluding hydrogens is 311 g/mol. The van der Waals surface area contributed by atoms with Crippen LogP contribution in [0.5, 0.6) is 0 Å². The van der Waals surface area contributed by atoms with Crippen LogP contribution in [-0.4, -0.2) is 29.2 Å². The Morgan fingerprint density at radius 2 is 1.45 bits per heavy atom. The van der Waals surface area contributed by atoms with Crippen molar-refractivity contribution in [1.29, 1.82) is 0 Å². The van der Waals surface area contributed by atoms with Gasteiger partial charge in [0.25, 0.3) is 0 Å². The molecule has 0 saturated heterocycles. The third-order valence-corrected chi connectivity index (χ3v) is 3.86. The Labute approximate surface area is 132 Å². The first-order valence-electron chi connectivity index (χ1n) is 7.98. The third-order valence-electron chi connectivity index (χ3n) is 3.05. The summed E-state index contributed by atoms with van der Waals surface area (Å²) in [4.78, 5) is 23.9. The molecule has 0 heterocycles. The number of hydrogen-bond donors (Lipinski definition) is 2. The molecule has 0 fully saturated rings. The Morgan fingerprint density at radius 1 is 0.955 bits per heavy atom. The molecule has 0 saturated carbocycles. The van der Waals surface area contributed by atoms with Gasteiger partial charge in [-0.25, -0.2) is 9.45 Å². The molecule has 0 aliphatic heterocycles. The van der Waals surface area contributed by atoms with Crippen LogP contribution in [0.3, 0.4) is 0 Å². The molecule has 8 heteroatoms. The van der Waals surface area contributed by atoms with E-state index in [1.807, 2.05) is 0 Å². The number of unbranched alkanes of at least 4 members (excludes halogenated alkanes) is 8. The SMILES string of the molecule is CCOOP(=O)(O)OCCCCCCCCCCCC(=O)O. The minimum absolute atomic E-state index is 0.177. The topological polar surface area (TPSA) is 102 Å². The molecule has 0 radical (unpaired) electrons. The first-order chi connectivity index (χ1) is 10.5. The molecular formula is C14H29O7P. The maximum Gasteiger partial charge on any atom is 0.499 e. The van der Waals surface area contributed by atoms with Gasteiger partial charge in [-0.2, -0.15) is 0 Å². The van der Waals surface area contributed by atoms with Crippen molar-refractivity contribution in [2.45, 2.75) is 71.1 Å². The quantitative estimate of drug-likeness (QED) is 0.189. The van der Waals surface area contributed by atoms with Gasteiger partial charge in [0.1, 0.15) is 0 Å². The summed E-state index contributed by atoms with van der Waals surface area (Å²) in [5, 5.41) is 8.49. The fourth-order valence-electron chi connectivity index (χ4n) is 1.94. The van der Waals surface area contributed by atoms with Gasteiger partial charge < -0.3 is 10.00 Å². The predicted molar refractivity (Wildman–Crippen MR) is 82.3 cm³/mol. The molecule has 0 bridgehead atoms. The monoisotopic (exact) mass is 340 g/mol. The first-order valence-corrected chi connectivity index (χ1v) is 9.48. The summed E-state index contributed by atoms with van der Waals surface area (Å²) >= 11 is 0. The zero-order valence-electron chi connectivity index (χ0n) is 13.4. The van der Waals surface area contributed by atoms with Crippen molar-refractivity contribution in [1.82, 2.24) is 0 Å². The third kappa shape index (κ3) is 15.9. The van der Waals surface area contributed by atoms with Crippen LogP contribution in [0.1, 0.15) is 71.1 Å². The van der Waals surface area contributed by atoms with Crippen molar-refractivity contribution in [3.8, 4) is 0 Å². The number of carboxylic acid groups (broad SMARTS) is 1. The highest BCUT2D eigenvalue weighted by Crippen LogP contribution is 2.43. The lowest BCUT2D eigenvalue weighted by Crippen LogP contribution is -1.98. The molecule has 1 atom stereocenters. The number of hydrogen-bond acceptors (Lipinski definition) is 5. The second-order valence-electron chi connectivity index (χ2n) is 5.11. The van der Waals surface area contributed by atoms with Gasteiger partial charge in [-0.15, -0.1) is 4.67 Å². The number of phosphoric acid groups is 1. The molecule has 0 aromatic heterocycles. The van der Waals surface area contributed by atoms with Crippen LogP contribution in [0, 0.1) is 0 Å². The van der Waals surface area contributed by atoms with Crippen molar-refractivity contribution in [3.63, 3.8) is 0 Å². The lowest BCUT2D eigenvalue weighted by Gasteiger charge is -2.10. The molecule has 0 aromatic carbocycles. The lowest BCUT2D eigenvalue weighted by molar-refractivity contribution is -0.220. The smallest absolute Gasteiger partial charge is 0.481 e. The van der Waals surface area contributed by atoms with E-state index in [1.54, 1.807) is 6.92 Å². The second kappa shape index (κ2) is 14.2. The normalized spacial score (nSPS) is 13.9. The van der Waals surface area contributed by atoms with E-state index in [-0.39, 0.29) is 19.6 Å². The van der Waals surface area contributed by atoms with Crippen LogP contribution in [-0.2, 0) is 23.4 Å². The molecule has 0 spiro atoms. The van der Waals surface area contributed by atoms with Gasteiger partial charge >= 0.3 is 13.8 Å². The van der Waals surface area contributed by atoms with Crippen LogP contribution >= 0.6 is 7.82 Å². The molecule has 132 valence electrons. The standard InChI is InChI=1S/C14H29O7P/c1-2-19-21-22(17,18)20-13-11-9-7-5-3-4-6-8-10-12-14(15)16/h2-13H2,1H3,(H,15,16)(H,17,18). The minimum atomic E-state index is -4.06. The van der Waals surface area contributed by atoms with E-state index in [2.05, 4.69) is 9.56 Å². The van der Waals surface area contributed by atoms with Gasteiger partial charge in [0.2, 0.25) is 0 Å². The van der Waals surface area contributed by atoms with Crippen molar-refractivity contribution in [3.05, 3.63) is 0 Å². The number of carbonyl (C=O) groups is 1. The molecule has 7 nitrogen and oxygen atoms in total. The van der Waals surface area contributed by atoms with Crippen LogP contribution in [0.15, 0.2) is 0 Å². The average Bonchev–Trinajstić information content (AvgIpc) is 2.46. The maximum atomic E-state index is 11.2. The minimum Gasteiger partial charge on any atom is -0.481 e. The Balaban J connectivity index is 3.23. The Bertz CT molecular complexity index is 322. The van der Waals surface area contributed by atoms with E-state index in [0.29, 0.717) is 6.42 Å². The van der Waals surface area contributed by atoms with E-state index >= 15 is 0 Å². The summed E-state index contributed by atoms with van der Waals surface area (Å²) in [7, 11) is -4.06. The summed E-state index contributed by atoms with van der Waals surface area (Å²) in [5.41, 5.74) is 0. The summed E-state index contributed by atoms with van der Waals surface area (Å²) in [5.74, 6) is -0.721. The van der Waals surface area contributed by atoms with E-state index in [9.17, 15) is 14.3 Å². The first kappa shape index (κ1) is 21.5. The van der Waals surface area contributed by atoms with Gasteiger partial charge in [-0.1, -0.05) is 44.9 Å². The van der Waals surface area contributed by atoms with Gasteiger partial charge in [0.15, 0.2) is 0 Å². The zero-order valence-corrected chi connectivity index (χ0v) is 14.3. The van der Waals surface area contributed by atoms with Crippen molar-refractivity contribution < 1.29 is 33.4 Å². The molecule has 1 unspecified atom stereocenters. The van der Waals surface area contributed by atoms with Crippen molar-refractivity contribution in [2.75, 3.05) is 13.2 Å². The second-order valence-corrected chi connectivity index (χ2v) is 6.45. The predicted octanol–water partition coefficient (Wildman–Crippen LogP) is 4.06. The summed E-state index contributed by atoms with van der Waals surface area (Å²) < 4.78 is 20.2. The fourth-order valence-corrected chi connectivity index (χ4v) is 2.58. The van der Waals surface area contributed by atoms with Gasteiger partial charge in [-0.05, 0) is 19.8 Å². The van der Waals surface area contributed by atoms with E-state index in [0.717, 1.165) is 51.4 Å². The van der Waals surface area contributed by atoms with Crippen LogP contribution in [0.25, 0.3) is 0 Å². The number of aliphatic carboxylic acids is 1. The highest BCUT2D eigenvalue weighted by Gasteiger charge is 2.21. The fraction of sp³-hybridized carbons (Fsp3) is 0.929. The zero-order chi connectivity index (χ0) is 16.7. The summed E-state index contributed by atoms with van der Waals surface area (Å²) in [6.45, 7) is 2.01. The van der Waals surface area contributed by atoms with Crippen LogP contribution in [0.4, 0.5) is 0 Å². The molecule has 0 amide bonds. The molecule has 2 N–H and O–H groups in total. The van der Waals surface area contributed by atoms with Crippen LogP contribution in [0.2, 0.25) is 0 Å². The number of phosphoric ester groups is 1. The van der Waals surface area contributed by atoms with E-state index < -0.39 is 13.8 Å². The molecule has 0 aliphatic carbocycles. The highest BCUT2D eigenvalue weighted by molar-refractivity contribution is 7.47. The molecule has 0 rings (SSSR count). The lowest BCUT2D eigenvalue weighted by atomic mass is 10.1. The summed E-state index contributed by atoms with van der Waals surface area (Å²) in [6, 6.07) is 0. The average molecular weight is 340 g/mol. The van der Waals surface area contributed by atoms with Crippen LogP contribution < -0.4 is 0 Å². The van der Waals surface area contributed by atoms with Gasteiger partial charge in [-0.3, -0.25) is 9.32 Å². The van der Waals surface area contributed by atoms with Crippen molar-refractivity contribution in [2.24, 2.45) is 0 Å². The molecule has 22 heavy (non-hydrogen) atoms. The van der Waals surface area contributed by atoms with E-state index in [1.165, 1.54) is 0 Å². The van der Waals surface area contributed by atoms with Gasteiger partial charge in [0.05, 0.1) is 13.2 Å². The number of carboxylic acids is 1. The largest absolute Gasteiger partial charge is 0.499 e. The van der Waals surface area contributed by atoms with Crippen molar-refractivity contribution >= 4 is 13.8 Å². The summed E-state index contributed by atoms with van der Waals surface area (Å²) in [6.07, 6.45) is 9.17. The molecule has 0 aromatic rings. The Hall–Kier alpha value is -0.460. The maximum absolute atomic E-state index is 11.2. The van der Waals surface area contributed by atoms with Gasteiger partial charge in [0, 0.05) is 6.42 Å². The molecule has 0 aliphatic rings. The van der Waals surface area contributed by atoms with E-state index in [4.69, 9.17) is 9.63 Å².